The summed E-state index contributed by atoms with van der Waals surface area (Å²) in [5, 5.41) is 8.04. The van der Waals surface area contributed by atoms with E-state index in [1.807, 2.05) is 6.26 Å². The Morgan fingerprint density at radius 2 is 2.38 bits per heavy atom. The SMILES string of the molecule is CSc1nccnn1. The first kappa shape index (κ1) is 5.50. The molecule has 0 unspecified atom stereocenters. The minimum absolute atomic E-state index is 0.715. The summed E-state index contributed by atoms with van der Waals surface area (Å²) in [5.74, 6) is 0. The van der Waals surface area contributed by atoms with Crippen molar-refractivity contribution in [2.24, 2.45) is 0 Å². The Labute approximate surface area is 51.5 Å². The Kier molecular flexibility index (Phi) is 1.80. The quantitative estimate of drug-likeness (QED) is 0.518. The first-order valence-corrected chi connectivity index (χ1v) is 3.33. The molecule has 4 heteroatoms. The topological polar surface area (TPSA) is 38.7 Å². The number of hydrogen-bond donors (Lipinski definition) is 0. The molecule has 1 aromatic rings. The Morgan fingerprint density at radius 3 is 2.75 bits per heavy atom. The fraction of sp³-hybridized carbons (Fsp3) is 0.250. The molecule has 0 amide bonds. The lowest BCUT2D eigenvalue weighted by molar-refractivity contribution is 0.840. The van der Waals surface area contributed by atoms with Gasteiger partial charge in [0.2, 0.25) is 5.16 Å². The molecule has 0 bridgehead atoms. The van der Waals surface area contributed by atoms with Crippen molar-refractivity contribution in [3.8, 4) is 0 Å². The Hall–Kier alpha value is -0.640. The average Bonchev–Trinajstić information content (AvgIpc) is 1.90. The van der Waals surface area contributed by atoms with Crippen molar-refractivity contribution in [2.45, 2.75) is 5.16 Å². The van der Waals surface area contributed by atoms with Gasteiger partial charge in [-0.3, -0.25) is 0 Å². The molecule has 0 saturated carbocycles. The van der Waals surface area contributed by atoms with Gasteiger partial charge in [-0.2, -0.15) is 5.10 Å². The van der Waals surface area contributed by atoms with Crippen molar-refractivity contribution in [2.75, 3.05) is 6.26 Å². The summed E-state index contributed by atoms with van der Waals surface area (Å²) >= 11 is 1.48. The molecular formula is C4H5N3S. The van der Waals surface area contributed by atoms with Crippen LogP contribution >= 0.6 is 11.8 Å². The number of aromatic nitrogens is 3. The molecule has 0 aliphatic carbocycles. The van der Waals surface area contributed by atoms with E-state index in [9.17, 15) is 0 Å². The van der Waals surface area contributed by atoms with Crippen LogP contribution in [-0.2, 0) is 0 Å². The lowest BCUT2D eigenvalue weighted by Gasteiger charge is -1.85. The standard InChI is InChI=1S/C4H5N3S/c1-8-4-5-2-3-6-7-4/h2-3H,1H3. The maximum Gasteiger partial charge on any atom is 0.208 e. The summed E-state index contributed by atoms with van der Waals surface area (Å²) in [6.45, 7) is 0. The third-order valence-corrected chi connectivity index (χ3v) is 1.20. The van der Waals surface area contributed by atoms with Crippen LogP contribution in [0.15, 0.2) is 17.6 Å². The molecular weight excluding hydrogens is 122 g/mol. The van der Waals surface area contributed by atoms with Crippen molar-refractivity contribution in [3.63, 3.8) is 0 Å². The van der Waals surface area contributed by atoms with E-state index in [0.717, 1.165) is 0 Å². The summed E-state index contributed by atoms with van der Waals surface area (Å²) in [7, 11) is 0. The molecule has 42 valence electrons. The van der Waals surface area contributed by atoms with Crippen LogP contribution in [0, 0.1) is 0 Å². The molecule has 0 spiro atoms. The predicted octanol–water partition coefficient (Wildman–Crippen LogP) is 0.593. The van der Waals surface area contributed by atoms with Crippen LogP contribution in [0.4, 0.5) is 0 Å². The molecule has 1 rings (SSSR count). The van der Waals surface area contributed by atoms with Crippen LogP contribution in [-0.4, -0.2) is 21.4 Å². The van der Waals surface area contributed by atoms with Crippen molar-refractivity contribution in [1.29, 1.82) is 0 Å². The Morgan fingerprint density at radius 1 is 1.50 bits per heavy atom. The second-order valence-electron chi connectivity index (χ2n) is 1.13. The summed E-state index contributed by atoms with van der Waals surface area (Å²) in [6.07, 6.45) is 5.09. The summed E-state index contributed by atoms with van der Waals surface area (Å²) < 4.78 is 0. The highest BCUT2D eigenvalue weighted by Crippen LogP contribution is 2.01. The molecule has 0 saturated heterocycles. The minimum atomic E-state index is 0.715. The average molecular weight is 127 g/mol. The van der Waals surface area contributed by atoms with Gasteiger partial charge in [-0.25, -0.2) is 4.98 Å². The first-order chi connectivity index (χ1) is 3.93. The van der Waals surface area contributed by atoms with E-state index in [1.54, 1.807) is 12.4 Å². The van der Waals surface area contributed by atoms with Crippen molar-refractivity contribution < 1.29 is 0 Å². The highest BCUT2D eigenvalue weighted by Gasteiger charge is 1.85. The van der Waals surface area contributed by atoms with Gasteiger partial charge < -0.3 is 0 Å². The first-order valence-electron chi connectivity index (χ1n) is 2.11. The van der Waals surface area contributed by atoms with Gasteiger partial charge >= 0.3 is 0 Å². The molecule has 1 aromatic heterocycles. The van der Waals surface area contributed by atoms with Gasteiger partial charge in [0.25, 0.3) is 0 Å². The predicted molar refractivity (Wildman–Crippen MR) is 31.6 cm³/mol. The second-order valence-corrected chi connectivity index (χ2v) is 1.90. The van der Waals surface area contributed by atoms with Crippen LogP contribution in [0.25, 0.3) is 0 Å². The molecule has 0 atom stereocenters. The van der Waals surface area contributed by atoms with Gasteiger partial charge in [-0.15, -0.1) is 5.10 Å². The van der Waals surface area contributed by atoms with E-state index in [4.69, 9.17) is 0 Å². The van der Waals surface area contributed by atoms with Gasteiger partial charge in [0.15, 0.2) is 0 Å². The number of hydrogen-bond acceptors (Lipinski definition) is 4. The van der Waals surface area contributed by atoms with E-state index < -0.39 is 0 Å². The van der Waals surface area contributed by atoms with E-state index in [2.05, 4.69) is 15.2 Å². The normalized spacial score (nSPS) is 9.12. The molecule has 0 aliphatic heterocycles. The van der Waals surface area contributed by atoms with E-state index in [0.29, 0.717) is 5.16 Å². The van der Waals surface area contributed by atoms with Crippen molar-refractivity contribution in [3.05, 3.63) is 12.4 Å². The Balaban J connectivity index is 2.83. The van der Waals surface area contributed by atoms with Gasteiger partial charge in [-0.1, -0.05) is 11.8 Å². The van der Waals surface area contributed by atoms with Crippen LogP contribution in [0.3, 0.4) is 0 Å². The molecule has 8 heavy (non-hydrogen) atoms. The number of thioether (sulfide) groups is 1. The molecule has 1 heterocycles. The maximum absolute atomic E-state index is 3.89. The summed E-state index contributed by atoms with van der Waals surface area (Å²) in [6, 6.07) is 0. The van der Waals surface area contributed by atoms with Crippen LogP contribution in [0.1, 0.15) is 0 Å². The van der Waals surface area contributed by atoms with Crippen LogP contribution < -0.4 is 0 Å². The second kappa shape index (κ2) is 2.61. The molecule has 3 nitrogen and oxygen atoms in total. The zero-order valence-corrected chi connectivity index (χ0v) is 5.22. The van der Waals surface area contributed by atoms with Crippen LogP contribution in [0.2, 0.25) is 0 Å². The molecule has 0 N–H and O–H groups in total. The van der Waals surface area contributed by atoms with Crippen molar-refractivity contribution >= 4 is 11.8 Å². The van der Waals surface area contributed by atoms with E-state index in [-0.39, 0.29) is 0 Å². The summed E-state index contributed by atoms with van der Waals surface area (Å²) in [4.78, 5) is 3.89. The number of nitrogens with zero attached hydrogens (tertiary/aromatic N) is 3. The zero-order chi connectivity index (χ0) is 5.82. The van der Waals surface area contributed by atoms with Gasteiger partial charge in [-0.05, 0) is 6.26 Å². The lowest BCUT2D eigenvalue weighted by atomic mass is 10.9. The molecule has 0 aliphatic rings. The zero-order valence-electron chi connectivity index (χ0n) is 4.40. The van der Waals surface area contributed by atoms with Gasteiger partial charge in [0.05, 0.1) is 12.4 Å². The van der Waals surface area contributed by atoms with Crippen LogP contribution in [0.5, 0.6) is 0 Å². The largest absolute Gasteiger partial charge is 0.228 e. The van der Waals surface area contributed by atoms with E-state index in [1.165, 1.54) is 11.8 Å². The maximum atomic E-state index is 3.89. The summed E-state index contributed by atoms with van der Waals surface area (Å²) in [5.41, 5.74) is 0. The minimum Gasteiger partial charge on any atom is -0.228 e. The molecule has 0 fully saturated rings. The smallest absolute Gasteiger partial charge is 0.208 e. The number of rotatable bonds is 1. The highest BCUT2D eigenvalue weighted by molar-refractivity contribution is 7.98. The van der Waals surface area contributed by atoms with Gasteiger partial charge in [0.1, 0.15) is 0 Å². The fourth-order valence-corrected chi connectivity index (χ4v) is 0.624. The molecule has 0 radical (unpaired) electrons. The third-order valence-electron chi connectivity index (χ3n) is 0.644. The fourth-order valence-electron chi connectivity index (χ4n) is 0.329. The highest BCUT2D eigenvalue weighted by atomic mass is 32.2. The third kappa shape index (κ3) is 1.16. The van der Waals surface area contributed by atoms with Crippen molar-refractivity contribution in [1.82, 2.24) is 15.2 Å². The Bertz CT molecular complexity index is 153. The molecule has 0 aromatic carbocycles. The van der Waals surface area contributed by atoms with E-state index >= 15 is 0 Å². The monoisotopic (exact) mass is 127 g/mol. The van der Waals surface area contributed by atoms with Gasteiger partial charge in [0, 0.05) is 0 Å². The lowest BCUT2D eigenvalue weighted by Crippen LogP contribution is -1.84.